The van der Waals surface area contributed by atoms with Crippen LogP contribution in [0.25, 0.3) is 0 Å². The molecule has 3 aromatic rings. The van der Waals surface area contributed by atoms with Crippen molar-refractivity contribution in [3.8, 4) is 0 Å². The minimum atomic E-state index is -3.72. The van der Waals surface area contributed by atoms with E-state index >= 15 is 0 Å². The number of hydrogen-bond acceptors (Lipinski definition) is 4. The van der Waals surface area contributed by atoms with Crippen LogP contribution in [0.15, 0.2) is 76.1 Å². The molecule has 31 heavy (non-hydrogen) atoms. The first-order valence-corrected chi connectivity index (χ1v) is 13.0. The van der Waals surface area contributed by atoms with E-state index in [-0.39, 0.29) is 10.8 Å². The highest BCUT2D eigenvalue weighted by molar-refractivity contribution is 9.10. The van der Waals surface area contributed by atoms with Gasteiger partial charge in [-0.25, -0.2) is 8.42 Å². The Kier molecular flexibility index (Phi) is 7.80. The quantitative estimate of drug-likeness (QED) is 0.398. The number of carbonyl (C=O) groups excluding carboxylic acids is 1. The van der Waals surface area contributed by atoms with E-state index in [0.717, 1.165) is 26.9 Å². The van der Waals surface area contributed by atoms with Crippen LogP contribution in [-0.2, 0) is 20.6 Å². The van der Waals surface area contributed by atoms with E-state index in [9.17, 15) is 13.2 Å². The second-order valence-corrected chi connectivity index (χ2v) is 10.7. The van der Waals surface area contributed by atoms with Gasteiger partial charge in [0.1, 0.15) is 0 Å². The van der Waals surface area contributed by atoms with Gasteiger partial charge in [-0.15, -0.1) is 11.8 Å². The fourth-order valence-electron chi connectivity index (χ4n) is 2.85. The van der Waals surface area contributed by atoms with Crippen molar-refractivity contribution in [2.75, 3.05) is 15.8 Å². The molecular weight excluding hydrogens is 496 g/mol. The number of thioether (sulfide) groups is 1. The first kappa shape index (κ1) is 23.4. The van der Waals surface area contributed by atoms with Crippen molar-refractivity contribution in [1.82, 2.24) is 0 Å². The summed E-state index contributed by atoms with van der Waals surface area (Å²) in [5.74, 6) is 0.901. The summed E-state index contributed by atoms with van der Waals surface area (Å²) < 4.78 is 29.0. The van der Waals surface area contributed by atoms with E-state index in [1.807, 2.05) is 50.2 Å². The molecule has 3 rings (SSSR count). The van der Waals surface area contributed by atoms with Crippen molar-refractivity contribution in [3.63, 3.8) is 0 Å². The third-order valence-electron chi connectivity index (χ3n) is 4.48. The summed E-state index contributed by atoms with van der Waals surface area (Å²) in [6, 6.07) is 19.7. The highest BCUT2D eigenvalue weighted by Gasteiger charge is 2.15. The van der Waals surface area contributed by atoms with E-state index in [1.165, 1.54) is 23.9 Å². The molecule has 0 aromatic heterocycles. The molecule has 0 fully saturated rings. The average Bonchev–Trinajstić information content (AvgIpc) is 2.71. The van der Waals surface area contributed by atoms with Gasteiger partial charge in [-0.2, -0.15) is 0 Å². The second-order valence-electron chi connectivity index (χ2n) is 7.12. The number of carbonyl (C=O) groups is 1. The number of sulfonamides is 1. The van der Waals surface area contributed by atoms with Gasteiger partial charge in [0.05, 0.1) is 16.3 Å². The molecule has 0 aliphatic carbocycles. The lowest BCUT2D eigenvalue weighted by atomic mass is 10.1. The van der Waals surface area contributed by atoms with E-state index < -0.39 is 10.0 Å². The lowest BCUT2D eigenvalue weighted by molar-refractivity contribution is -0.113. The van der Waals surface area contributed by atoms with Crippen molar-refractivity contribution in [2.24, 2.45) is 0 Å². The number of aryl methyl sites for hydroxylation is 2. The Hall–Kier alpha value is -2.29. The molecule has 0 aliphatic rings. The Bertz CT molecular complexity index is 1180. The number of halogens is 1. The number of anilines is 2. The summed E-state index contributed by atoms with van der Waals surface area (Å²) in [6.45, 7) is 3.76. The largest absolute Gasteiger partial charge is 0.325 e. The fourth-order valence-corrected chi connectivity index (χ4v) is 5.20. The monoisotopic (exact) mass is 518 g/mol. The molecule has 8 heteroatoms. The van der Waals surface area contributed by atoms with Crippen LogP contribution in [0.3, 0.4) is 0 Å². The third kappa shape index (κ3) is 6.85. The molecule has 0 atom stereocenters. The van der Waals surface area contributed by atoms with Crippen LogP contribution in [0.1, 0.15) is 16.7 Å². The third-order valence-corrected chi connectivity index (χ3v) is 7.36. The average molecular weight is 519 g/mol. The first-order valence-electron chi connectivity index (χ1n) is 9.55. The number of benzene rings is 3. The van der Waals surface area contributed by atoms with E-state index in [4.69, 9.17) is 0 Å². The van der Waals surface area contributed by atoms with Crippen LogP contribution in [-0.4, -0.2) is 20.1 Å². The standard InChI is InChI=1S/C23H23BrN2O3S2/c1-16-6-7-17(2)22(12-16)26-31(28,29)21-10-8-20(9-11-21)25-23(27)15-30-14-18-4-3-5-19(24)13-18/h3-13,26H,14-15H2,1-2H3,(H,25,27). The maximum absolute atomic E-state index is 12.7. The Morgan fingerprint density at radius 1 is 1.00 bits per heavy atom. The molecule has 5 nitrogen and oxygen atoms in total. The highest BCUT2D eigenvalue weighted by Crippen LogP contribution is 2.22. The minimum absolute atomic E-state index is 0.135. The Balaban J connectivity index is 1.56. The molecule has 2 N–H and O–H groups in total. The molecule has 0 bridgehead atoms. The van der Waals surface area contributed by atoms with Crippen molar-refractivity contribution in [3.05, 3.63) is 87.9 Å². The number of rotatable bonds is 8. The predicted molar refractivity (Wildman–Crippen MR) is 132 cm³/mol. The summed E-state index contributed by atoms with van der Waals surface area (Å²) in [6.07, 6.45) is 0. The van der Waals surface area contributed by atoms with Crippen molar-refractivity contribution in [1.29, 1.82) is 0 Å². The van der Waals surface area contributed by atoms with Crippen LogP contribution < -0.4 is 10.0 Å². The van der Waals surface area contributed by atoms with Gasteiger partial charge < -0.3 is 5.32 Å². The smallest absolute Gasteiger partial charge is 0.261 e. The molecule has 0 aliphatic heterocycles. The fraction of sp³-hybridized carbons (Fsp3) is 0.174. The van der Waals surface area contributed by atoms with Gasteiger partial charge in [-0.1, -0.05) is 40.2 Å². The van der Waals surface area contributed by atoms with Gasteiger partial charge in [0, 0.05) is 15.9 Å². The lowest BCUT2D eigenvalue weighted by Gasteiger charge is -2.12. The van der Waals surface area contributed by atoms with Crippen LogP contribution >= 0.6 is 27.7 Å². The summed E-state index contributed by atoms with van der Waals surface area (Å²) in [7, 11) is -3.72. The molecular formula is C23H23BrN2O3S2. The maximum atomic E-state index is 12.7. The second kappa shape index (κ2) is 10.3. The maximum Gasteiger partial charge on any atom is 0.261 e. The summed E-state index contributed by atoms with van der Waals surface area (Å²) in [5.41, 5.74) is 4.06. The zero-order valence-corrected chi connectivity index (χ0v) is 20.4. The summed E-state index contributed by atoms with van der Waals surface area (Å²) >= 11 is 4.95. The Morgan fingerprint density at radius 3 is 2.45 bits per heavy atom. The van der Waals surface area contributed by atoms with Gasteiger partial charge >= 0.3 is 0 Å². The number of nitrogens with one attached hydrogen (secondary N) is 2. The molecule has 0 unspecified atom stereocenters. The Morgan fingerprint density at radius 2 is 1.74 bits per heavy atom. The molecule has 0 heterocycles. The summed E-state index contributed by atoms with van der Waals surface area (Å²) in [5, 5.41) is 2.80. The van der Waals surface area contributed by atoms with Gasteiger partial charge in [-0.3, -0.25) is 9.52 Å². The minimum Gasteiger partial charge on any atom is -0.325 e. The molecule has 0 radical (unpaired) electrons. The van der Waals surface area contributed by atoms with Crippen LogP contribution in [0.4, 0.5) is 11.4 Å². The normalized spacial score (nSPS) is 11.2. The van der Waals surface area contributed by atoms with E-state index in [2.05, 4.69) is 26.0 Å². The number of amides is 1. The molecule has 0 saturated heterocycles. The predicted octanol–water partition coefficient (Wildman–Crippen LogP) is 5.74. The van der Waals surface area contributed by atoms with Crippen LogP contribution in [0, 0.1) is 13.8 Å². The van der Waals surface area contributed by atoms with Crippen LogP contribution in [0.5, 0.6) is 0 Å². The van der Waals surface area contributed by atoms with Crippen molar-refractivity contribution < 1.29 is 13.2 Å². The van der Waals surface area contributed by atoms with Crippen molar-refractivity contribution in [2.45, 2.75) is 24.5 Å². The molecule has 1 amide bonds. The zero-order chi connectivity index (χ0) is 22.4. The molecule has 162 valence electrons. The molecule has 3 aromatic carbocycles. The topological polar surface area (TPSA) is 75.3 Å². The zero-order valence-electron chi connectivity index (χ0n) is 17.2. The van der Waals surface area contributed by atoms with Crippen molar-refractivity contribution >= 4 is 55.0 Å². The first-order chi connectivity index (χ1) is 14.7. The SMILES string of the molecule is Cc1ccc(C)c(NS(=O)(=O)c2ccc(NC(=O)CSCc3cccc(Br)c3)cc2)c1. The van der Waals surface area contributed by atoms with Crippen LogP contribution in [0.2, 0.25) is 0 Å². The molecule has 0 saturated carbocycles. The van der Waals surface area contributed by atoms with Gasteiger partial charge in [-0.05, 0) is 73.0 Å². The van der Waals surface area contributed by atoms with E-state index in [0.29, 0.717) is 17.1 Å². The summed E-state index contributed by atoms with van der Waals surface area (Å²) in [4.78, 5) is 12.3. The highest BCUT2D eigenvalue weighted by atomic mass is 79.9. The van der Waals surface area contributed by atoms with Gasteiger partial charge in [0.15, 0.2) is 0 Å². The van der Waals surface area contributed by atoms with Gasteiger partial charge in [0.25, 0.3) is 10.0 Å². The van der Waals surface area contributed by atoms with E-state index in [1.54, 1.807) is 18.2 Å². The Labute approximate surface area is 195 Å². The van der Waals surface area contributed by atoms with Gasteiger partial charge in [0.2, 0.25) is 5.91 Å². The lowest BCUT2D eigenvalue weighted by Crippen LogP contribution is -2.15. The molecule has 0 spiro atoms. The number of hydrogen-bond donors (Lipinski definition) is 2.